The molecule has 7 heteroatoms. The van der Waals surface area contributed by atoms with Crippen molar-refractivity contribution in [1.29, 1.82) is 0 Å². The fraction of sp³-hybridized carbons (Fsp3) is 0.733. The molecule has 1 amide bonds. The summed E-state index contributed by atoms with van der Waals surface area (Å²) in [5.74, 6) is -0.549. The number of nitrogens with zero attached hydrogens (tertiary/aromatic N) is 3. The van der Waals surface area contributed by atoms with E-state index in [9.17, 15) is 13.2 Å². The summed E-state index contributed by atoms with van der Waals surface area (Å²) < 4.78 is 25.6. The van der Waals surface area contributed by atoms with Crippen LogP contribution in [0.5, 0.6) is 0 Å². The maximum atomic E-state index is 12.4. The minimum atomic E-state index is -3.29. The average Bonchev–Trinajstić information content (AvgIpc) is 2.84. The Bertz CT molecular complexity index is 609. The van der Waals surface area contributed by atoms with Gasteiger partial charge in [0.2, 0.25) is 5.91 Å². The zero-order valence-corrected chi connectivity index (χ0v) is 14.2. The molecular formula is C15H25N3O3S. The van der Waals surface area contributed by atoms with Gasteiger partial charge < -0.3 is 4.90 Å². The predicted octanol–water partition coefficient (Wildman–Crippen LogP) is 1.40. The standard InChI is InChI=1S/C15H25N3O3S/c1-3-8-22(20,21)12-15(19)18-7-5-4-6-14(18)11-17-10-13(2)9-16-17/h9-10,14H,3-8,11-12H2,1-2H3/t14-/m1/s1. The molecule has 0 saturated carbocycles. The van der Waals surface area contributed by atoms with Crippen molar-refractivity contribution >= 4 is 15.7 Å². The molecule has 2 rings (SSSR count). The van der Waals surface area contributed by atoms with Crippen molar-refractivity contribution in [3.05, 3.63) is 18.0 Å². The van der Waals surface area contributed by atoms with Crippen molar-refractivity contribution < 1.29 is 13.2 Å². The second-order valence-electron chi connectivity index (χ2n) is 6.07. The zero-order chi connectivity index (χ0) is 16.2. The fourth-order valence-electron chi connectivity index (χ4n) is 2.96. The molecule has 124 valence electrons. The number of amides is 1. The number of piperidine rings is 1. The number of carbonyl (C=O) groups is 1. The van der Waals surface area contributed by atoms with Crippen molar-refractivity contribution in [2.45, 2.75) is 52.1 Å². The van der Waals surface area contributed by atoms with Gasteiger partial charge in [0, 0.05) is 12.7 Å². The van der Waals surface area contributed by atoms with E-state index in [4.69, 9.17) is 0 Å². The summed E-state index contributed by atoms with van der Waals surface area (Å²) in [6.45, 7) is 5.06. The SMILES string of the molecule is CCCS(=O)(=O)CC(=O)N1CCCC[C@@H]1Cn1cc(C)cn1. The first-order valence-electron chi connectivity index (χ1n) is 7.90. The highest BCUT2D eigenvalue weighted by Crippen LogP contribution is 2.19. The van der Waals surface area contributed by atoms with Crippen LogP contribution in [-0.4, -0.2) is 53.1 Å². The topological polar surface area (TPSA) is 72.3 Å². The van der Waals surface area contributed by atoms with Crippen LogP contribution < -0.4 is 0 Å². The second kappa shape index (κ2) is 7.26. The molecule has 0 aliphatic carbocycles. The number of likely N-dealkylation sites (tertiary alicyclic amines) is 1. The minimum Gasteiger partial charge on any atom is -0.337 e. The molecule has 0 N–H and O–H groups in total. The molecule has 0 aromatic carbocycles. The molecule has 6 nitrogen and oxygen atoms in total. The van der Waals surface area contributed by atoms with Gasteiger partial charge in [0.25, 0.3) is 0 Å². The van der Waals surface area contributed by atoms with Crippen LogP contribution in [0.2, 0.25) is 0 Å². The van der Waals surface area contributed by atoms with Crippen LogP contribution in [0.25, 0.3) is 0 Å². The van der Waals surface area contributed by atoms with Crippen molar-refractivity contribution in [3.63, 3.8) is 0 Å². The highest BCUT2D eigenvalue weighted by Gasteiger charge is 2.29. The predicted molar refractivity (Wildman–Crippen MR) is 85.3 cm³/mol. The van der Waals surface area contributed by atoms with E-state index in [1.54, 1.807) is 11.1 Å². The van der Waals surface area contributed by atoms with Gasteiger partial charge in [-0.25, -0.2) is 8.42 Å². The molecule has 0 radical (unpaired) electrons. The van der Waals surface area contributed by atoms with Crippen LogP contribution in [0.3, 0.4) is 0 Å². The van der Waals surface area contributed by atoms with Crippen molar-refractivity contribution in [2.75, 3.05) is 18.1 Å². The Morgan fingerprint density at radius 1 is 1.41 bits per heavy atom. The molecule has 1 aromatic heterocycles. The Labute approximate surface area is 132 Å². The van der Waals surface area contributed by atoms with Gasteiger partial charge >= 0.3 is 0 Å². The molecule has 0 spiro atoms. The quantitative estimate of drug-likeness (QED) is 0.792. The monoisotopic (exact) mass is 327 g/mol. The average molecular weight is 327 g/mol. The third kappa shape index (κ3) is 4.56. The van der Waals surface area contributed by atoms with Crippen LogP contribution in [-0.2, 0) is 21.2 Å². The second-order valence-corrected chi connectivity index (χ2v) is 8.25. The van der Waals surface area contributed by atoms with E-state index < -0.39 is 9.84 Å². The van der Waals surface area contributed by atoms with E-state index in [1.807, 2.05) is 24.7 Å². The summed E-state index contributed by atoms with van der Waals surface area (Å²) in [6.07, 6.45) is 7.19. The number of sulfone groups is 1. The number of hydrogen-bond donors (Lipinski definition) is 0. The van der Waals surface area contributed by atoms with E-state index in [1.165, 1.54) is 0 Å². The van der Waals surface area contributed by atoms with Gasteiger partial charge in [-0.2, -0.15) is 5.10 Å². The molecule has 0 unspecified atom stereocenters. The van der Waals surface area contributed by atoms with Crippen LogP contribution >= 0.6 is 0 Å². The maximum absolute atomic E-state index is 12.4. The summed E-state index contributed by atoms with van der Waals surface area (Å²) >= 11 is 0. The Morgan fingerprint density at radius 2 is 2.18 bits per heavy atom. The lowest BCUT2D eigenvalue weighted by molar-refractivity contribution is -0.132. The Hall–Kier alpha value is -1.37. The summed E-state index contributed by atoms with van der Waals surface area (Å²) in [5.41, 5.74) is 1.08. The molecule has 22 heavy (non-hydrogen) atoms. The molecule has 1 atom stereocenters. The van der Waals surface area contributed by atoms with E-state index in [0.717, 1.165) is 24.8 Å². The molecule has 1 saturated heterocycles. The minimum absolute atomic E-state index is 0.0392. The largest absolute Gasteiger partial charge is 0.337 e. The Balaban J connectivity index is 2.04. The highest BCUT2D eigenvalue weighted by molar-refractivity contribution is 7.92. The molecule has 1 aromatic rings. The molecule has 1 aliphatic heterocycles. The first-order chi connectivity index (χ1) is 10.4. The number of rotatable bonds is 6. The number of hydrogen-bond acceptors (Lipinski definition) is 4. The van der Waals surface area contributed by atoms with Gasteiger partial charge in [-0.1, -0.05) is 6.92 Å². The zero-order valence-electron chi connectivity index (χ0n) is 13.4. The van der Waals surface area contributed by atoms with Crippen LogP contribution in [0.4, 0.5) is 0 Å². The van der Waals surface area contributed by atoms with Gasteiger partial charge in [0.15, 0.2) is 9.84 Å². The van der Waals surface area contributed by atoms with Gasteiger partial charge in [-0.05, 0) is 38.2 Å². The molecule has 1 aliphatic rings. The summed E-state index contributed by atoms with van der Waals surface area (Å²) in [4.78, 5) is 14.2. The first kappa shape index (κ1) is 17.0. The van der Waals surface area contributed by atoms with E-state index in [0.29, 0.717) is 19.5 Å². The maximum Gasteiger partial charge on any atom is 0.238 e. The normalized spacial score (nSPS) is 19.4. The lowest BCUT2D eigenvalue weighted by Gasteiger charge is -2.35. The van der Waals surface area contributed by atoms with Crippen molar-refractivity contribution in [3.8, 4) is 0 Å². The van der Waals surface area contributed by atoms with Gasteiger partial charge in [-0.15, -0.1) is 0 Å². The van der Waals surface area contributed by atoms with Crippen molar-refractivity contribution in [2.24, 2.45) is 0 Å². The number of aromatic nitrogens is 2. The summed E-state index contributed by atoms with van der Waals surface area (Å²) in [7, 11) is -3.29. The van der Waals surface area contributed by atoms with E-state index in [2.05, 4.69) is 5.10 Å². The highest BCUT2D eigenvalue weighted by atomic mass is 32.2. The van der Waals surface area contributed by atoms with Crippen LogP contribution in [0.15, 0.2) is 12.4 Å². The Morgan fingerprint density at radius 3 is 2.82 bits per heavy atom. The van der Waals surface area contributed by atoms with Gasteiger partial charge in [0.05, 0.1) is 24.5 Å². The first-order valence-corrected chi connectivity index (χ1v) is 9.72. The van der Waals surface area contributed by atoms with E-state index >= 15 is 0 Å². The van der Waals surface area contributed by atoms with Gasteiger partial charge in [0.1, 0.15) is 5.75 Å². The van der Waals surface area contributed by atoms with Crippen LogP contribution in [0, 0.1) is 6.92 Å². The third-order valence-corrected chi connectivity index (χ3v) is 5.68. The summed E-state index contributed by atoms with van der Waals surface area (Å²) in [5, 5.41) is 4.27. The molecule has 1 fully saturated rings. The van der Waals surface area contributed by atoms with Crippen molar-refractivity contribution in [1.82, 2.24) is 14.7 Å². The molecule has 0 bridgehead atoms. The van der Waals surface area contributed by atoms with E-state index in [-0.39, 0.29) is 23.5 Å². The Kier molecular flexibility index (Phi) is 5.61. The number of aryl methyl sites for hydroxylation is 1. The smallest absolute Gasteiger partial charge is 0.238 e. The lowest BCUT2D eigenvalue weighted by atomic mass is 10.0. The molecule has 2 heterocycles. The third-order valence-electron chi connectivity index (χ3n) is 3.97. The lowest BCUT2D eigenvalue weighted by Crippen LogP contribution is -2.48. The fourth-order valence-corrected chi connectivity index (χ4v) is 4.26. The molecular weight excluding hydrogens is 302 g/mol. The van der Waals surface area contributed by atoms with Crippen LogP contribution in [0.1, 0.15) is 38.2 Å². The number of carbonyl (C=O) groups excluding carboxylic acids is 1. The summed E-state index contributed by atoms with van der Waals surface area (Å²) in [6, 6.07) is 0.0392. The van der Waals surface area contributed by atoms with Gasteiger partial charge in [-0.3, -0.25) is 9.48 Å².